The predicted molar refractivity (Wildman–Crippen MR) is 104 cm³/mol. The second kappa shape index (κ2) is 8.87. The van der Waals surface area contributed by atoms with E-state index in [1.165, 1.54) is 6.42 Å². The van der Waals surface area contributed by atoms with E-state index in [1.54, 1.807) is 0 Å². The Morgan fingerprint density at radius 2 is 1.81 bits per heavy atom. The first-order valence-electron chi connectivity index (χ1n) is 9.60. The van der Waals surface area contributed by atoms with Gasteiger partial charge >= 0.3 is 0 Å². The number of piperidine rings is 2. The molecule has 6 heteroatoms. The Morgan fingerprint density at radius 3 is 2.50 bits per heavy atom. The summed E-state index contributed by atoms with van der Waals surface area (Å²) in [4.78, 5) is 29.1. The largest absolute Gasteiger partial charge is 0.342 e. The Balaban J connectivity index is 1.45. The van der Waals surface area contributed by atoms with E-state index in [4.69, 9.17) is 11.6 Å². The molecule has 0 aliphatic carbocycles. The Labute approximate surface area is 160 Å². The number of nitrogens with one attached hydrogen (secondary N) is 1. The number of anilines is 1. The zero-order valence-electron chi connectivity index (χ0n) is 15.5. The van der Waals surface area contributed by atoms with Crippen LogP contribution in [-0.4, -0.2) is 54.3 Å². The van der Waals surface area contributed by atoms with Crippen molar-refractivity contribution >= 4 is 29.1 Å². The molecular formula is C20H28ClN3O2. The van der Waals surface area contributed by atoms with Crippen LogP contribution in [0.5, 0.6) is 0 Å². The SMILES string of the molecule is Cc1c(Cl)cccc1NC(=O)CN1CCC(C(=O)N2CCCCC2)CC1. The molecule has 0 atom stereocenters. The predicted octanol–water partition coefficient (Wildman–Crippen LogP) is 3.31. The summed E-state index contributed by atoms with van der Waals surface area (Å²) in [5.41, 5.74) is 1.64. The van der Waals surface area contributed by atoms with Gasteiger partial charge in [0.15, 0.2) is 0 Å². The summed E-state index contributed by atoms with van der Waals surface area (Å²) >= 11 is 6.10. The fourth-order valence-corrected chi connectivity index (χ4v) is 4.02. The van der Waals surface area contributed by atoms with Gasteiger partial charge in [0.1, 0.15) is 0 Å². The molecule has 1 aromatic rings. The first kappa shape index (κ1) is 19.2. The van der Waals surface area contributed by atoms with Crippen LogP contribution in [0.1, 0.15) is 37.7 Å². The zero-order chi connectivity index (χ0) is 18.5. The summed E-state index contributed by atoms with van der Waals surface area (Å²) in [5.74, 6) is 0.419. The molecule has 0 bridgehead atoms. The van der Waals surface area contributed by atoms with E-state index in [0.717, 1.165) is 63.1 Å². The number of likely N-dealkylation sites (tertiary alicyclic amines) is 2. The Hall–Kier alpha value is -1.59. The van der Waals surface area contributed by atoms with Crippen LogP contribution >= 0.6 is 11.6 Å². The normalized spacial score (nSPS) is 19.4. The molecule has 2 aliphatic rings. The third-order valence-corrected chi connectivity index (χ3v) is 5.92. The van der Waals surface area contributed by atoms with Crippen molar-refractivity contribution in [3.05, 3.63) is 28.8 Å². The summed E-state index contributed by atoms with van der Waals surface area (Å²) < 4.78 is 0. The van der Waals surface area contributed by atoms with Gasteiger partial charge in [-0.05, 0) is 69.8 Å². The zero-order valence-corrected chi connectivity index (χ0v) is 16.2. The van der Waals surface area contributed by atoms with Gasteiger partial charge in [-0.1, -0.05) is 17.7 Å². The van der Waals surface area contributed by atoms with Gasteiger partial charge < -0.3 is 10.2 Å². The number of hydrogen-bond donors (Lipinski definition) is 1. The number of nitrogens with zero attached hydrogens (tertiary/aromatic N) is 2. The molecule has 2 heterocycles. The van der Waals surface area contributed by atoms with Gasteiger partial charge in [0.2, 0.25) is 11.8 Å². The minimum atomic E-state index is -0.0313. The van der Waals surface area contributed by atoms with Crippen LogP contribution in [0.4, 0.5) is 5.69 Å². The molecule has 1 aromatic carbocycles. The average Bonchev–Trinajstić information content (AvgIpc) is 2.66. The molecule has 0 radical (unpaired) electrons. The molecule has 2 saturated heterocycles. The van der Waals surface area contributed by atoms with Gasteiger partial charge in [0.05, 0.1) is 6.54 Å². The highest BCUT2D eigenvalue weighted by molar-refractivity contribution is 6.31. The topological polar surface area (TPSA) is 52.7 Å². The van der Waals surface area contributed by atoms with Crippen molar-refractivity contribution in [3.8, 4) is 0 Å². The molecule has 2 aliphatic heterocycles. The van der Waals surface area contributed by atoms with Crippen LogP contribution < -0.4 is 5.32 Å². The van der Waals surface area contributed by atoms with Crippen molar-refractivity contribution in [2.45, 2.75) is 39.0 Å². The van der Waals surface area contributed by atoms with E-state index >= 15 is 0 Å². The van der Waals surface area contributed by atoms with Gasteiger partial charge in [-0.3, -0.25) is 14.5 Å². The lowest BCUT2D eigenvalue weighted by Crippen LogP contribution is -2.45. The third kappa shape index (κ3) is 4.77. The molecule has 2 fully saturated rings. The lowest BCUT2D eigenvalue weighted by atomic mass is 9.94. The molecule has 142 valence electrons. The molecule has 0 unspecified atom stereocenters. The standard InChI is InChI=1S/C20H28ClN3O2/c1-15-17(21)6-5-7-18(15)22-19(25)14-23-12-8-16(9-13-23)20(26)24-10-3-2-4-11-24/h5-7,16H,2-4,8-14H2,1H3,(H,22,25). The summed E-state index contributed by atoms with van der Waals surface area (Å²) in [5, 5.41) is 3.60. The molecule has 0 aromatic heterocycles. The number of benzene rings is 1. The van der Waals surface area contributed by atoms with Gasteiger partial charge in [0.25, 0.3) is 0 Å². The monoisotopic (exact) mass is 377 g/mol. The van der Waals surface area contributed by atoms with Crippen molar-refractivity contribution in [1.29, 1.82) is 0 Å². The maximum absolute atomic E-state index is 12.6. The Bertz CT molecular complexity index is 650. The summed E-state index contributed by atoms with van der Waals surface area (Å²) in [6.07, 6.45) is 5.20. The minimum Gasteiger partial charge on any atom is -0.342 e. The van der Waals surface area contributed by atoms with Crippen LogP contribution in [0.2, 0.25) is 5.02 Å². The van der Waals surface area contributed by atoms with E-state index in [2.05, 4.69) is 10.2 Å². The lowest BCUT2D eigenvalue weighted by Gasteiger charge is -2.35. The number of rotatable bonds is 4. The first-order valence-corrected chi connectivity index (χ1v) is 9.98. The van der Waals surface area contributed by atoms with Crippen LogP contribution in [0.3, 0.4) is 0 Å². The van der Waals surface area contributed by atoms with E-state index in [0.29, 0.717) is 17.5 Å². The number of hydrogen-bond acceptors (Lipinski definition) is 3. The molecule has 0 spiro atoms. The highest BCUT2D eigenvalue weighted by Gasteiger charge is 2.29. The number of carbonyl (C=O) groups excluding carboxylic acids is 2. The maximum Gasteiger partial charge on any atom is 0.238 e. The van der Waals surface area contributed by atoms with Crippen LogP contribution in [0.25, 0.3) is 0 Å². The van der Waals surface area contributed by atoms with Crippen LogP contribution in [0.15, 0.2) is 18.2 Å². The molecule has 26 heavy (non-hydrogen) atoms. The van der Waals surface area contributed by atoms with Gasteiger partial charge in [0, 0.05) is 29.7 Å². The van der Waals surface area contributed by atoms with E-state index in [9.17, 15) is 9.59 Å². The quantitative estimate of drug-likeness (QED) is 0.875. The number of carbonyl (C=O) groups is 2. The second-order valence-corrected chi connectivity index (χ2v) is 7.80. The van der Waals surface area contributed by atoms with Crippen molar-refractivity contribution < 1.29 is 9.59 Å². The van der Waals surface area contributed by atoms with Crippen molar-refractivity contribution in [1.82, 2.24) is 9.80 Å². The summed E-state index contributed by atoms with van der Waals surface area (Å²) in [6, 6.07) is 5.52. The fraction of sp³-hybridized carbons (Fsp3) is 0.600. The first-order chi connectivity index (χ1) is 12.5. The molecular weight excluding hydrogens is 350 g/mol. The van der Waals surface area contributed by atoms with Gasteiger partial charge in [-0.2, -0.15) is 0 Å². The molecule has 2 amide bonds. The fourth-order valence-electron chi connectivity index (χ4n) is 3.85. The van der Waals surface area contributed by atoms with Crippen molar-refractivity contribution in [2.24, 2.45) is 5.92 Å². The maximum atomic E-state index is 12.6. The molecule has 3 rings (SSSR count). The average molecular weight is 378 g/mol. The molecule has 0 saturated carbocycles. The van der Waals surface area contributed by atoms with E-state index in [-0.39, 0.29) is 11.8 Å². The highest BCUT2D eigenvalue weighted by atomic mass is 35.5. The van der Waals surface area contributed by atoms with E-state index < -0.39 is 0 Å². The minimum absolute atomic E-state index is 0.0313. The van der Waals surface area contributed by atoms with Crippen LogP contribution in [-0.2, 0) is 9.59 Å². The summed E-state index contributed by atoms with van der Waals surface area (Å²) in [7, 11) is 0. The smallest absolute Gasteiger partial charge is 0.238 e. The van der Waals surface area contributed by atoms with Crippen molar-refractivity contribution in [3.63, 3.8) is 0 Å². The molecule has 5 nitrogen and oxygen atoms in total. The third-order valence-electron chi connectivity index (χ3n) is 5.51. The number of halogens is 1. The highest BCUT2D eigenvalue weighted by Crippen LogP contribution is 2.24. The van der Waals surface area contributed by atoms with E-state index in [1.807, 2.05) is 30.0 Å². The Morgan fingerprint density at radius 1 is 1.12 bits per heavy atom. The van der Waals surface area contributed by atoms with Crippen molar-refractivity contribution in [2.75, 3.05) is 38.0 Å². The van der Waals surface area contributed by atoms with Gasteiger partial charge in [-0.25, -0.2) is 0 Å². The molecule has 1 N–H and O–H groups in total. The summed E-state index contributed by atoms with van der Waals surface area (Å²) in [6.45, 7) is 5.69. The van der Waals surface area contributed by atoms with Gasteiger partial charge in [-0.15, -0.1) is 0 Å². The second-order valence-electron chi connectivity index (χ2n) is 7.40. The lowest BCUT2D eigenvalue weighted by molar-refractivity contribution is -0.138. The van der Waals surface area contributed by atoms with Crippen LogP contribution in [0, 0.1) is 12.8 Å². The number of amides is 2. The Kier molecular flexibility index (Phi) is 6.54.